The van der Waals surface area contributed by atoms with Gasteiger partial charge in [0.2, 0.25) is 0 Å². The number of amides is 2. The van der Waals surface area contributed by atoms with E-state index in [0.29, 0.717) is 11.3 Å². The molecule has 0 unspecified atom stereocenters. The molecular formula is C24H20N6O. The highest BCUT2D eigenvalue weighted by molar-refractivity contribution is 5.99. The Morgan fingerprint density at radius 3 is 2.77 bits per heavy atom. The lowest BCUT2D eigenvalue weighted by Gasteiger charge is -2.13. The van der Waals surface area contributed by atoms with Crippen LogP contribution in [0.2, 0.25) is 0 Å². The zero-order valence-corrected chi connectivity index (χ0v) is 16.7. The molecule has 2 aromatic carbocycles. The van der Waals surface area contributed by atoms with Crippen LogP contribution in [0, 0.1) is 11.3 Å². The van der Waals surface area contributed by atoms with Gasteiger partial charge in [0.15, 0.2) is 0 Å². The van der Waals surface area contributed by atoms with E-state index in [9.17, 15) is 4.79 Å². The third-order valence-corrected chi connectivity index (χ3v) is 5.43. The van der Waals surface area contributed by atoms with Gasteiger partial charge in [-0.25, -0.2) is 9.78 Å². The van der Waals surface area contributed by atoms with Crippen molar-refractivity contribution in [3.05, 3.63) is 89.2 Å². The molecule has 0 spiro atoms. The molecule has 0 fully saturated rings. The molecule has 2 amide bonds. The predicted molar refractivity (Wildman–Crippen MR) is 119 cm³/mol. The number of hydrogen-bond donors (Lipinski definition) is 3. The van der Waals surface area contributed by atoms with E-state index in [4.69, 9.17) is 5.26 Å². The molecule has 7 heteroatoms. The van der Waals surface area contributed by atoms with Gasteiger partial charge in [0.25, 0.3) is 0 Å². The van der Waals surface area contributed by atoms with Gasteiger partial charge in [-0.1, -0.05) is 12.1 Å². The van der Waals surface area contributed by atoms with E-state index in [1.165, 1.54) is 16.7 Å². The summed E-state index contributed by atoms with van der Waals surface area (Å²) in [4.78, 5) is 22.3. The Bertz CT molecular complexity index is 1320. The van der Waals surface area contributed by atoms with Gasteiger partial charge in [0.1, 0.15) is 5.65 Å². The zero-order chi connectivity index (χ0) is 21.2. The number of hydrogen-bond acceptors (Lipinski definition) is 4. The molecule has 0 atom stereocenters. The van der Waals surface area contributed by atoms with Crippen molar-refractivity contribution in [3.63, 3.8) is 0 Å². The van der Waals surface area contributed by atoms with Crippen molar-refractivity contribution in [2.75, 3.05) is 10.6 Å². The number of nitrogens with one attached hydrogen (secondary N) is 3. The van der Waals surface area contributed by atoms with Crippen molar-refractivity contribution in [2.24, 2.45) is 0 Å². The number of fused-ring (bicyclic) bond motifs is 2. The van der Waals surface area contributed by atoms with E-state index >= 15 is 0 Å². The second kappa shape index (κ2) is 7.94. The standard InChI is InChI=1S/C24H20N6O/c25-11-16-3-1-4-20(9-16)28-24(31)29-21-7-6-17-13-30(14-18(17)10-21)15-19-12-27-23-22(19)5-2-8-26-23/h1-10,12H,13-15H2,(H,26,27)(H2,28,29,31). The first-order chi connectivity index (χ1) is 15.2. The SMILES string of the molecule is N#Cc1cccc(NC(=O)Nc2ccc3c(c2)CN(Cc2c[nH]c4ncccc24)C3)c1. The molecule has 2 aromatic heterocycles. The average Bonchev–Trinajstić information content (AvgIpc) is 3.37. The van der Waals surface area contributed by atoms with Crippen LogP contribution in [0.1, 0.15) is 22.3 Å². The number of carbonyl (C=O) groups is 1. The molecule has 0 radical (unpaired) electrons. The first-order valence-corrected chi connectivity index (χ1v) is 10.0. The number of nitrogens with zero attached hydrogens (tertiary/aromatic N) is 3. The minimum atomic E-state index is -0.337. The number of pyridine rings is 1. The quantitative estimate of drug-likeness (QED) is 0.460. The summed E-state index contributed by atoms with van der Waals surface area (Å²) < 4.78 is 0. The lowest BCUT2D eigenvalue weighted by Crippen LogP contribution is -2.19. The van der Waals surface area contributed by atoms with Gasteiger partial charge >= 0.3 is 6.03 Å². The molecule has 7 nitrogen and oxygen atoms in total. The van der Waals surface area contributed by atoms with Crippen molar-refractivity contribution < 1.29 is 4.79 Å². The summed E-state index contributed by atoms with van der Waals surface area (Å²) >= 11 is 0. The van der Waals surface area contributed by atoms with E-state index in [2.05, 4.69) is 43.7 Å². The number of carbonyl (C=O) groups excluding carboxylic acids is 1. The molecule has 3 N–H and O–H groups in total. The van der Waals surface area contributed by atoms with Gasteiger partial charge in [-0.3, -0.25) is 4.90 Å². The third-order valence-electron chi connectivity index (χ3n) is 5.43. The second-order valence-corrected chi connectivity index (χ2v) is 7.61. The minimum Gasteiger partial charge on any atom is -0.346 e. The summed E-state index contributed by atoms with van der Waals surface area (Å²) in [5, 5.41) is 15.8. The fraction of sp³-hybridized carbons (Fsp3) is 0.125. The Hall–Kier alpha value is -4.15. The van der Waals surface area contributed by atoms with Crippen LogP contribution in [0.3, 0.4) is 0 Å². The third kappa shape index (κ3) is 3.97. The Kier molecular flexibility index (Phi) is 4.83. The van der Waals surface area contributed by atoms with Crippen LogP contribution in [0.25, 0.3) is 11.0 Å². The number of nitriles is 1. The Morgan fingerprint density at radius 1 is 1.06 bits per heavy atom. The minimum absolute atomic E-state index is 0.337. The fourth-order valence-electron chi connectivity index (χ4n) is 4.00. The summed E-state index contributed by atoms with van der Waals surface area (Å²) in [6.45, 7) is 2.53. The summed E-state index contributed by atoms with van der Waals surface area (Å²) in [7, 11) is 0. The largest absolute Gasteiger partial charge is 0.346 e. The maximum atomic E-state index is 12.4. The van der Waals surface area contributed by atoms with Crippen LogP contribution in [0.4, 0.5) is 16.2 Å². The van der Waals surface area contributed by atoms with E-state index < -0.39 is 0 Å². The molecule has 0 saturated heterocycles. The molecule has 0 bridgehead atoms. The number of anilines is 2. The monoisotopic (exact) mass is 408 g/mol. The average molecular weight is 408 g/mol. The highest BCUT2D eigenvalue weighted by Gasteiger charge is 2.20. The number of urea groups is 1. The number of benzene rings is 2. The molecule has 3 heterocycles. The zero-order valence-electron chi connectivity index (χ0n) is 16.7. The Labute approximate surface area is 179 Å². The summed E-state index contributed by atoms with van der Waals surface area (Å²) in [6, 6.07) is 18.6. The van der Waals surface area contributed by atoms with Gasteiger partial charge in [-0.2, -0.15) is 5.26 Å². The number of rotatable bonds is 4. The lowest BCUT2D eigenvalue weighted by atomic mass is 10.1. The van der Waals surface area contributed by atoms with Gasteiger partial charge in [-0.15, -0.1) is 0 Å². The van der Waals surface area contributed by atoms with E-state index in [0.717, 1.165) is 36.4 Å². The molecule has 1 aliphatic heterocycles. The number of H-pyrrole nitrogens is 1. The van der Waals surface area contributed by atoms with Gasteiger partial charge < -0.3 is 15.6 Å². The van der Waals surface area contributed by atoms with Gasteiger partial charge in [-0.05, 0) is 59.2 Å². The van der Waals surface area contributed by atoms with Crippen molar-refractivity contribution in [1.29, 1.82) is 5.26 Å². The maximum Gasteiger partial charge on any atom is 0.323 e. The molecule has 0 aliphatic carbocycles. The maximum absolute atomic E-state index is 12.4. The van der Waals surface area contributed by atoms with Crippen LogP contribution in [0.5, 0.6) is 0 Å². The molecule has 31 heavy (non-hydrogen) atoms. The van der Waals surface area contributed by atoms with Crippen molar-refractivity contribution in [2.45, 2.75) is 19.6 Å². The van der Waals surface area contributed by atoms with E-state index in [1.807, 2.05) is 24.4 Å². The molecular weight excluding hydrogens is 388 g/mol. The normalized spacial score (nSPS) is 13.0. The first kappa shape index (κ1) is 18.9. The molecule has 1 aliphatic rings. The highest BCUT2D eigenvalue weighted by atomic mass is 16.2. The van der Waals surface area contributed by atoms with Crippen molar-refractivity contribution in [1.82, 2.24) is 14.9 Å². The van der Waals surface area contributed by atoms with Crippen LogP contribution in [-0.2, 0) is 19.6 Å². The topological polar surface area (TPSA) is 96.8 Å². The molecule has 0 saturated carbocycles. The first-order valence-electron chi connectivity index (χ1n) is 10.0. The Morgan fingerprint density at radius 2 is 1.90 bits per heavy atom. The summed E-state index contributed by atoms with van der Waals surface area (Å²) in [6.07, 6.45) is 3.82. The molecule has 5 rings (SSSR count). The fourth-order valence-corrected chi connectivity index (χ4v) is 4.00. The summed E-state index contributed by atoms with van der Waals surface area (Å²) in [5.74, 6) is 0. The second-order valence-electron chi connectivity index (χ2n) is 7.61. The van der Waals surface area contributed by atoms with E-state index in [1.54, 1.807) is 30.5 Å². The predicted octanol–water partition coefficient (Wildman–Crippen LogP) is 4.59. The van der Waals surface area contributed by atoms with Gasteiger partial charge in [0, 0.05) is 48.8 Å². The van der Waals surface area contributed by atoms with Crippen molar-refractivity contribution in [3.8, 4) is 6.07 Å². The number of aromatic nitrogens is 2. The van der Waals surface area contributed by atoms with Crippen LogP contribution in [0.15, 0.2) is 67.0 Å². The number of aromatic amines is 1. The van der Waals surface area contributed by atoms with Crippen LogP contribution >= 0.6 is 0 Å². The van der Waals surface area contributed by atoms with Crippen LogP contribution in [-0.4, -0.2) is 20.9 Å². The molecule has 4 aromatic rings. The summed E-state index contributed by atoms with van der Waals surface area (Å²) in [5.41, 5.74) is 6.44. The smallest absolute Gasteiger partial charge is 0.323 e. The van der Waals surface area contributed by atoms with E-state index in [-0.39, 0.29) is 6.03 Å². The molecule has 152 valence electrons. The van der Waals surface area contributed by atoms with Crippen molar-refractivity contribution >= 4 is 28.4 Å². The Balaban J connectivity index is 1.24. The van der Waals surface area contributed by atoms with Crippen LogP contribution < -0.4 is 10.6 Å². The highest BCUT2D eigenvalue weighted by Crippen LogP contribution is 2.28. The van der Waals surface area contributed by atoms with Gasteiger partial charge in [0.05, 0.1) is 11.6 Å². The lowest BCUT2D eigenvalue weighted by molar-refractivity contribution is 0.262.